The summed E-state index contributed by atoms with van der Waals surface area (Å²) in [5.74, 6) is 0.715. The Labute approximate surface area is 298 Å². The van der Waals surface area contributed by atoms with Gasteiger partial charge >= 0.3 is 17.9 Å². The van der Waals surface area contributed by atoms with Gasteiger partial charge in [-0.05, 0) is 31.1 Å². The van der Waals surface area contributed by atoms with Gasteiger partial charge < -0.3 is 14.2 Å². The molecule has 0 unspecified atom stereocenters. The third kappa shape index (κ3) is 35.7. The smallest absolute Gasteiger partial charge is 0.306 e. The van der Waals surface area contributed by atoms with Crippen LogP contribution in [0.25, 0.3) is 0 Å². The highest BCUT2D eigenvalue weighted by Gasteiger charge is 2.19. The summed E-state index contributed by atoms with van der Waals surface area (Å²) in [6, 6.07) is 0. The van der Waals surface area contributed by atoms with Gasteiger partial charge in [0.05, 0.1) is 0 Å². The van der Waals surface area contributed by atoms with Crippen LogP contribution in [0.3, 0.4) is 0 Å². The molecule has 6 heteroatoms. The fourth-order valence-corrected chi connectivity index (χ4v) is 6.05. The van der Waals surface area contributed by atoms with Crippen molar-refractivity contribution in [1.29, 1.82) is 0 Å². The van der Waals surface area contributed by atoms with Crippen molar-refractivity contribution in [2.75, 3.05) is 13.2 Å². The lowest BCUT2D eigenvalue weighted by Gasteiger charge is -2.18. The predicted octanol–water partition coefficient (Wildman–Crippen LogP) is 12.6. The van der Waals surface area contributed by atoms with Crippen molar-refractivity contribution in [1.82, 2.24) is 0 Å². The third-order valence-electron chi connectivity index (χ3n) is 9.22. The molecule has 0 saturated heterocycles. The molecule has 48 heavy (non-hydrogen) atoms. The molecule has 0 spiro atoms. The SMILES string of the molecule is CCCCCCCCCC(=O)OC[C@H](COC(=O)CCCCCCCCC(C)C)OC(=O)CCCCCCCCCCCCCC(C)C. The molecule has 0 aliphatic carbocycles. The molecule has 0 rings (SSSR count). The highest BCUT2D eigenvalue weighted by molar-refractivity contribution is 5.71. The second kappa shape index (κ2) is 35.2. The minimum Gasteiger partial charge on any atom is -0.462 e. The van der Waals surface area contributed by atoms with Gasteiger partial charge in [0.25, 0.3) is 0 Å². The molecule has 0 fully saturated rings. The summed E-state index contributed by atoms with van der Waals surface area (Å²) in [6.45, 7) is 11.2. The number of hydrogen-bond acceptors (Lipinski definition) is 6. The molecular weight excluding hydrogens is 600 g/mol. The quantitative estimate of drug-likeness (QED) is 0.0372. The number of carbonyl (C=O) groups is 3. The molecule has 0 heterocycles. The molecule has 0 aromatic carbocycles. The number of hydrogen-bond donors (Lipinski definition) is 0. The van der Waals surface area contributed by atoms with E-state index < -0.39 is 6.10 Å². The number of rotatable bonds is 36. The van der Waals surface area contributed by atoms with Gasteiger partial charge in [-0.15, -0.1) is 0 Å². The van der Waals surface area contributed by atoms with Crippen molar-refractivity contribution in [3.05, 3.63) is 0 Å². The molecule has 0 aromatic rings. The zero-order valence-corrected chi connectivity index (χ0v) is 32.6. The van der Waals surface area contributed by atoms with Crippen LogP contribution in [0.2, 0.25) is 0 Å². The molecule has 0 bridgehead atoms. The lowest BCUT2D eigenvalue weighted by atomic mass is 10.0. The van der Waals surface area contributed by atoms with E-state index >= 15 is 0 Å². The van der Waals surface area contributed by atoms with Crippen molar-refractivity contribution in [3.8, 4) is 0 Å². The third-order valence-corrected chi connectivity index (χ3v) is 9.22. The molecule has 0 radical (unpaired) electrons. The fourth-order valence-electron chi connectivity index (χ4n) is 6.05. The number of ether oxygens (including phenoxy) is 3. The molecule has 6 nitrogen and oxygen atoms in total. The summed E-state index contributed by atoms with van der Waals surface area (Å²) < 4.78 is 16.6. The maximum Gasteiger partial charge on any atom is 0.306 e. The van der Waals surface area contributed by atoms with E-state index in [0.717, 1.165) is 69.6 Å². The molecular formula is C42H80O6. The van der Waals surface area contributed by atoms with Gasteiger partial charge in [0.1, 0.15) is 13.2 Å². The van der Waals surface area contributed by atoms with Crippen molar-refractivity contribution in [2.24, 2.45) is 11.8 Å². The zero-order valence-electron chi connectivity index (χ0n) is 32.6. The zero-order chi connectivity index (χ0) is 35.5. The lowest BCUT2D eigenvalue weighted by Crippen LogP contribution is -2.30. The summed E-state index contributed by atoms with van der Waals surface area (Å²) in [7, 11) is 0. The Balaban J connectivity index is 4.30. The van der Waals surface area contributed by atoms with Crippen LogP contribution in [0, 0.1) is 11.8 Å². The Bertz CT molecular complexity index is 734. The van der Waals surface area contributed by atoms with Crippen LogP contribution >= 0.6 is 0 Å². The molecule has 0 aliphatic heterocycles. The molecule has 284 valence electrons. The van der Waals surface area contributed by atoms with Crippen LogP contribution in [-0.2, 0) is 28.6 Å². The number of esters is 3. The first-order valence-corrected chi connectivity index (χ1v) is 20.7. The second-order valence-electron chi connectivity index (χ2n) is 15.2. The van der Waals surface area contributed by atoms with Gasteiger partial charge in [-0.25, -0.2) is 0 Å². The largest absolute Gasteiger partial charge is 0.462 e. The van der Waals surface area contributed by atoms with Crippen molar-refractivity contribution < 1.29 is 28.6 Å². The van der Waals surface area contributed by atoms with Gasteiger partial charge in [0.2, 0.25) is 0 Å². The van der Waals surface area contributed by atoms with Crippen LogP contribution in [0.1, 0.15) is 221 Å². The average Bonchev–Trinajstić information content (AvgIpc) is 3.04. The maximum atomic E-state index is 12.6. The van der Waals surface area contributed by atoms with E-state index in [2.05, 4.69) is 34.6 Å². The van der Waals surface area contributed by atoms with Crippen LogP contribution in [0.4, 0.5) is 0 Å². The van der Waals surface area contributed by atoms with E-state index in [4.69, 9.17) is 14.2 Å². The summed E-state index contributed by atoms with van der Waals surface area (Å²) in [5.41, 5.74) is 0. The Kier molecular flexibility index (Phi) is 34.1. The normalized spacial score (nSPS) is 12.1. The van der Waals surface area contributed by atoms with Crippen molar-refractivity contribution in [2.45, 2.75) is 227 Å². The minimum atomic E-state index is -0.759. The van der Waals surface area contributed by atoms with E-state index in [-0.39, 0.29) is 31.1 Å². The molecule has 0 saturated carbocycles. The predicted molar refractivity (Wildman–Crippen MR) is 201 cm³/mol. The Morgan fingerprint density at radius 3 is 1.02 bits per heavy atom. The second-order valence-corrected chi connectivity index (χ2v) is 15.2. The Morgan fingerprint density at radius 2 is 0.688 bits per heavy atom. The van der Waals surface area contributed by atoms with E-state index in [1.54, 1.807) is 0 Å². The fraction of sp³-hybridized carbons (Fsp3) is 0.929. The van der Waals surface area contributed by atoms with E-state index in [9.17, 15) is 14.4 Å². The first-order chi connectivity index (χ1) is 23.2. The standard InChI is InChI=1S/C42H80O6/c1-6-7-8-9-15-22-27-32-40(43)46-35-39(36-47-41(44)33-28-23-19-18-21-26-31-38(4)5)48-42(45)34-29-24-17-14-12-10-11-13-16-20-25-30-37(2)3/h37-39H,6-36H2,1-5H3/t39-/m1/s1. The number of carbonyl (C=O) groups excluding carboxylic acids is 3. The van der Waals surface area contributed by atoms with Gasteiger partial charge in [-0.2, -0.15) is 0 Å². The molecule has 0 aromatic heterocycles. The highest BCUT2D eigenvalue weighted by Crippen LogP contribution is 2.16. The topological polar surface area (TPSA) is 78.9 Å². The van der Waals surface area contributed by atoms with Crippen LogP contribution in [-0.4, -0.2) is 37.2 Å². The molecule has 0 amide bonds. The lowest BCUT2D eigenvalue weighted by molar-refractivity contribution is -0.167. The molecule has 1 atom stereocenters. The van der Waals surface area contributed by atoms with Gasteiger partial charge in [0.15, 0.2) is 6.10 Å². The first kappa shape index (κ1) is 46.4. The summed E-state index contributed by atoms with van der Waals surface area (Å²) >= 11 is 0. The van der Waals surface area contributed by atoms with Crippen LogP contribution in [0.15, 0.2) is 0 Å². The molecule has 0 N–H and O–H groups in total. The summed E-state index contributed by atoms with van der Waals surface area (Å²) in [5, 5.41) is 0. The summed E-state index contributed by atoms with van der Waals surface area (Å²) in [6.07, 6.45) is 31.1. The van der Waals surface area contributed by atoms with Gasteiger partial charge in [-0.1, -0.05) is 182 Å². The van der Waals surface area contributed by atoms with E-state index in [1.807, 2.05) is 0 Å². The van der Waals surface area contributed by atoms with E-state index in [0.29, 0.717) is 19.3 Å². The van der Waals surface area contributed by atoms with Gasteiger partial charge in [0, 0.05) is 19.3 Å². The monoisotopic (exact) mass is 681 g/mol. The number of unbranched alkanes of at least 4 members (excludes halogenated alkanes) is 21. The van der Waals surface area contributed by atoms with Crippen molar-refractivity contribution in [3.63, 3.8) is 0 Å². The molecule has 0 aliphatic rings. The van der Waals surface area contributed by atoms with Gasteiger partial charge in [-0.3, -0.25) is 14.4 Å². The van der Waals surface area contributed by atoms with E-state index in [1.165, 1.54) is 109 Å². The Morgan fingerprint density at radius 1 is 0.396 bits per heavy atom. The highest BCUT2D eigenvalue weighted by atomic mass is 16.6. The Hall–Kier alpha value is -1.59. The summed E-state index contributed by atoms with van der Waals surface area (Å²) in [4.78, 5) is 37.4. The van der Waals surface area contributed by atoms with Crippen molar-refractivity contribution >= 4 is 17.9 Å². The average molecular weight is 681 g/mol. The minimum absolute atomic E-state index is 0.0670. The van der Waals surface area contributed by atoms with Crippen LogP contribution in [0.5, 0.6) is 0 Å². The first-order valence-electron chi connectivity index (χ1n) is 20.7. The maximum absolute atomic E-state index is 12.6. The van der Waals surface area contributed by atoms with Crippen LogP contribution < -0.4 is 0 Å².